The minimum absolute atomic E-state index is 0.0446. The molecule has 0 radical (unpaired) electrons. The third-order valence-electron chi connectivity index (χ3n) is 4.68. The van der Waals surface area contributed by atoms with E-state index in [0.717, 1.165) is 25.1 Å². The quantitative estimate of drug-likeness (QED) is 0.785. The van der Waals surface area contributed by atoms with Crippen molar-refractivity contribution < 1.29 is 4.79 Å². The number of pyridine rings is 1. The molecule has 7 heteroatoms. The Kier molecular flexibility index (Phi) is 4.59. The van der Waals surface area contributed by atoms with Crippen LogP contribution in [0.4, 0.5) is 4.79 Å². The standard InChI is InChI=1S/C19H20N6O/c26-19(24-10-8-17(12-24)15-5-2-1-3-6-15)22-11-16-7-4-9-21-18(16)25-14-20-13-23-25/h1-7,9,13-14,17H,8,10-12H2,(H,22,26)/t17-/m0/s1. The maximum absolute atomic E-state index is 12.6. The first-order valence-corrected chi connectivity index (χ1v) is 8.68. The van der Waals surface area contributed by atoms with Gasteiger partial charge in [0.25, 0.3) is 0 Å². The Morgan fingerprint density at radius 2 is 2.08 bits per heavy atom. The molecular weight excluding hydrogens is 328 g/mol. The van der Waals surface area contributed by atoms with Crippen LogP contribution in [0.2, 0.25) is 0 Å². The number of rotatable bonds is 4. The lowest BCUT2D eigenvalue weighted by atomic mass is 9.99. The number of hydrogen-bond acceptors (Lipinski definition) is 4. The zero-order valence-electron chi connectivity index (χ0n) is 14.3. The van der Waals surface area contributed by atoms with E-state index in [2.05, 4.69) is 32.5 Å². The van der Waals surface area contributed by atoms with E-state index in [1.54, 1.807) is 17.2 Å². The van der Waals surface area contributed by atoms with Gasteiger partial charge < -0.3 is 10.2 Å². The highest BCUT2D eigenvalue weighted by Gasteiger charge is 2.27. The molecule has 3 heterocycles. The number of benzene rings is 1. The first-order valence-electron chi connectivity index (χ1n) is 8.68. The second kappa shape index (κ2) is 7.35. The van der Waals surface area contributed by atoms with E-state index >= 15 is 0 Å². The van der Waals surface area contributed by atoms with Crippen molar-refractivity contribution in [3.05, 3.63) is 72.4 Å². The van der Waals surface area contributed by atoms with Crippen LogP contribution >= 0.6 is 0 Å². The molecule has 0 spiro atoms. The van der Waals surface area contributed by atoms with Crippen molar-refractivity contribution in [2.45, 2.75) is 18.9 Å². The predicted octanol–water partition coefficient (Wildman–Crippen LogP) is 2.36. The van der Waals surface area contributed by atoms with Crippen LogP contribution in [-0.2, 0) is 6.54 Å². The molecule has 1 atom stereocenters. The Labute approximate surface area is 151 Å². The molecule has 7 nitrogen and oxygen atoms in total. The molecule has 1 fully saturated rings. The molecule has 132 valence electrons. The Balaban J connectivity index is 1.38. The van der Waals surface area contributed by atoms with Gasteiger partial charge in [-0.1, -0.05) is 36.4 Å². The number of urea groups is 1. The maximum atomic E-state index is 12.6. The topological polar surface area (TPSA) is 75.9 Å². The number of amides is 2. The van der Waals surface area contributed by atoms with Crippen molar-refractivity contribution in [2.24, 2.45) is 0 Å². The highest BCUT2D eigenvalue weighted by molar-refractivity contribution is 5.74. The average Bonchev–Trinajstić information content (AvgIpc) is 3.39. The zero-order chi connectivity index (χ0) is 17.8. The Hall–Kier alpha value is -3.22. The van der Waals surface area contributed by atoms with Crippen LogP contribution in [-0.4, -0.2) is 43.8 Å². The molecular formula is C19H20N6O. The lowest BCUT2D eigenvalue weighted by Gasteiger charge is -2.18. The van der Waals surface area contributed by atoms with E-state index < -0.39 is 0 Å². The van der Waals surface area contributed by atoms with Gasteiger partial charge >= 0.3 is 6.03 Å². The summed E-state index contributed by atoms with van der Waals surface area (Å²) in [5, 5.41) is 7.12. The molecule has 4 rings (SSSR count). The second-order valence-electron chi connectivity index (χ2n) is 6.33. The SMILES string of the molecule is O=C(NCc1cccnc1-n1cncn1)N1CC[C@H](c2ccccc2)C1. The van der Waals surface area contributed by atoms with Crippen LogP contribution in [0, 0.1) is 0 Å². The van der Waals surface area contributed by atoms with Gasteiger partial charge in [-0.25, -0.2) is 19.4 Å². The van der Waals surface area contributed by atoms with Gasteiger partial charge in [-0.2, -0.15) is 5.10 Å². The fourth-order valence-electron chi connectivity index (χ4n) is 3.32. The van der Waals surface area contributed by atoms with Crippen LogP contribution in [0.1, 0.15) is 23.5 Å². The number of nitrogens with one attached hydrogen (secondary N) is 1. The first kappa shape index (κ1) is 16.3. The molecule has 1 aliphatic rings. The third kappa shape index (κ3) is 3.42. The fraction of sp³-hybridized carbons (Fsp3) is 0.263. The number of nitrogens with zero attached hydrogens (tertiary/aromatic N) is 5. The lowest BCUT2D eigenvalue weighted by Crippen LogP contribution is -2.38. The Bertz CT molecular complexity index is 865. The summed E-state index contributed by atoms with van der Waals surface area (Å²) in [5.41, 5.74) is 2.19. The van der Waals surface area contributed by atoms with Crippen LogP contribution in [0.3, 0.4) is 0 Å². The zero-order valence-corrected chi connectivity index (χ0v) is 14.3. The van der Waals surface area contributed by atoms with E-state index in [-0.39, 0.29) is 6.03 Å². The van der Waals surface area contributed by atoms with Gasteiger partial charge in [0, 0.05) is 37.3 Å². The van der Waals surface area contributed by atoms with E-state index in [1.807, 2.05) is 35.2 Å². The van der Waals surface area contributed by atoms with Gasteiger partial charge in [0.05, 0.1) is 0 Å². The molecule has 1 saturated heterocycles. The first-order chi connectivity index (χ1) is 12.8. The van der Waals surface area contributed by atoms with Gasteiger partial charge in [0.15, 0.2) is 5.82 Å². The van der Waals surface area contributed by atoms with Crippen LogP contribution < -0.4 is 5.32 Å². The van der Waals surface area contributed by atoms with Crippen LogP contribution in [0.15, 0.2) is 61.3 Å². The molecule has 0 bridgehead atoms. The summed E-state index contributed by atoms with van der Waals surface area (Å²) in [7, 11) is 0. The summed E-state index contributed by atoms with van der Waals surface area (Å²) >= 11 is 0. The van der Waals surface area contributed by atoms with Gasteiger partial charge in [-0.3, -0.25) is 0 Å². The fourth-order valence-corrected chi connectivity index (χ4v) is 3.32. The summed E-state index contributed by atoms with van der Waals surface area (Å²) in [4.78, 5) is 22.7. The summed E-state index contributed by atoms with van der Waals surface area (Å²) in [6, 6.07) is 14.1. The monoisotopic (exact) mass is 348 g/mol. The summed E-state index contributed by atoms with van der Waals surface area (Å²) in [6.07, 6.45) is 5.76. The molecule has 26 heavy (non-hydrogen) atoms. The molecule has 0 unspecified atom stereocenters. The summed E-state index contributed by atoms with van der Waals surface area (Å²) in [5.74, 6) is 1.08. The van der Waals surface area contributed by atoms with Gasteiger partial charge in [0.1, 0.15) is 12.7 Å². The molecule has 2 amide bonds. The molecule has 1 aromatic carbocycles. The average molecular weight is 348 g/mol. The summed E-state index contributed by atoms with van der Waals surface area (Å²) < 4.78 is 1.60. The number of likely N-dealkylation sites (tertiary alicyclic amines) is 1. The van der Waals surface area contributed by atoms with E-state index in [9.17, 15) is 4.79 Å². The normalized spacial score (nSPS) is 16.6. The maximum Gasteiger partial charge on any atom is 0.317 e. The van der Waals surface area contributed by atoms with Crippen molar-refractivity contribution in [3.63, 3.8) is 0 Å². The second-order valence-corrected chi connectivity index (χ2v) is 6.33. The van der Waals surface area contributed by atoms with E-state index in [0.29, 0.717) is 18.3 Å². The predicted molar refractivity (Wildman–Crippen MR) is 96.8 cm³/mol. The Morgan fingerprint density at radius 3 is 2.88 bits per heavy atom. The van der Waals surface area contributed by atoms with Crippen molar-refractivity contribution >= 4 is 6.03 Å². The highest BCUT2D eigenvalue weighted by atomic mass is 16.2. The van der Waals surface area contributed by atoms with E-state index in [1.165, 1.54) is 11.9 Å². The molecule has 1 aliphatic heterocycles. The van der Waals surface area contributed by atoms with Crippen molar-refractivity contribution in [2.75, 3.05) is 13.1 Å². The smallest absolute Gasteiger partial charge is 0.317 e. The van der Waals surface area contributed by atoms with Gasteiger partial charge in [-0.05, 0) is 18.1 Å². The van der Waals surface area contributed by atoms with Crippen molar-refractivity contribution in [1.29, 1.82) is 0 Å². The minimum Gasteiger partial charge on any atom is -0.334 e. The molecule has 0 saturated carbocycles. The van der Waals surface area contributed by atoms with Crippen LogP contribution in [0.5, 0.6) is 0 Å². The number of carbonyl (C=O) groups is 1. The number of hydrogen-bond donors (Lipinski definition) is 1. The van der Waals surface area contributed by atoms with Crippen molar-refractivity contribution in [3.8, 4) is 5.82 Å². The number of aromatic nitrogens is 4. The minimum atomic E-state index is -0.0446. The molecule has 2 aromatic heterocycles. The highest BCUT2D eigenvalue weighted by Crippen LogP contribution is 2.26. The Morgan fingerprint density at radius 1 is 1.19 bits per heavy atom. The van der Waals surface area contributed by atoms with E-state index in [4.69, 9.17) is 0 Å². The van der Waals surface area contributed by atoms with Crippen molar-refractivity contribution in [1.82, 2.24) is 30.0 Å². The number of carbonyl (C=O) groups excluding carboxylic acids is 1. The molecule has 3 aromatic rings. The summed E-state index contributed by atoms with van der Waals surface area (Å²) in [6.45, 7) is 1.92. The van der Waals surface area contributed by atoms with Gasteiger partial charge in [-0.15, -0.1) is 0 Å². The lowest BCUT2D eigenvalue weighted by molar-refractivity contribution is 0.208. The largest absolute Gasteiger partial charge is 0.334 e. The third-order valence-corrected chi connectivity index (χ3v) is 4.68. The van der Waals surface area contributed by atoms with Crippen LogP contribution in [0.25, 0.3) is 5.82 Å². The molecule has 1 N–H and O–H groups in total. The van der Waals surface area contributed by atoms with Gasteiger partial charge in [0.2, 0.25) is 0 Å². The molecule has 0 aliphatic carbocycles.